The molecule has 0 fully saturated rings. The van der Waals surface area contributed by atoms with E-state index < -0.39 is 0 Å². The predicted octanol–water partition coefficient (Wildman–Crippen LogP) is 4.28. The maximum Gasteiger partial charge on any atom is 0.274 e. The zero-order valence-electron chi connectivity index (χ0n) is 14.1. The summed E-state index contributed by atoms with van der Waals surface area (Å²) in [7, 11) is 0. The van der Waals surface area contributed by atoms with Crippen LogP contribution in [0.5, 0.6) is 0 Å². The van der Waals surface area contributed by atoms with Gasteiger partial charge in [-0.2, -0.15) is 0 Å². The number of benzene rings is 1. The van der Waals surface area contributed by atoms with Gasteiger partial charge in [0.2, 0.25) is 0 Å². The maximum atomic E-state index is 12.6. The summed E-state index contributed by atoms with van der Waals surface area (Å²) < 4.78 is 0. The lowest BCUT2D eigenvalue weighted by Crippen LogP contribution is -2.16. The number of hydrogen-bond donors (Lipinski definition) is 2. The summed E-state index contributed by atoms with van der Waals surface area (Å²) in [5, 5.41) is 6.33. The van der Waals surface area contributed by atoms with E-state index in [1.54, 1.807) is 12.3 Å². The lowest BCUT2D eigenvalue weighted by molar-refractivity contribution is 0.102. The first-order valence-electron chi connectivity index (χ1n) is 8.31. The first-order chi connectivity index (χ1) is 11.2. The highest BCUT2D eigenvalue weighted by molar-refractivity contribution is 6.04. The number of nitrogens with zero attached hydrogens (tertiary/aromatic N) is 1. The fourth-order valence-corrected chi connectivity index (χ4v) is 2.51. The van der Waals surface area contributed by atoms with Gasteiger partial charge in [-0.1, -0.05) is 39.0 Å². The van der Waals surface area contributed by atoms with Crippen LogP contribution in [0.3, 0.4) is 0 Å². The van der Waals surface area contributed by atoms with Gasteiger partial charge in [0.05, 0.1) is 0 Å². The van der Waals surface area contributed by atoms with Crippen LogP contribution in [0.15, 0.2) is 36.5 Å². The summed E-state index contributed by atoms with van der Waals surface area (Å²) >= 11 is 0. The molecule has 0 unspecified atom stereocenters. The van der Waals surface area contributed by atoms with Gasteiger partial charge >= 0.3 is 0 Å². The quantitative estimate of drug-likeness (QED) is 0.802. The number of amides is 1. The Morgan fingerprint density at radius 3 is 2.39 bits per heavy atom. The number of carbonyl (C=O) groups is 1. The van der Waals surface area contributed by atoms with Gasteiger partial charge in [-0.15, -0.1) is 0 Å². The standard InChI is InChI=1S/C19H25N3O/c1-4-11-20-16-10-12-21-17(13-16)19(23)22-18-14(5-2)8-7-9-15(18)6-3/h7-10,12-13H,4-6,11H2,1-3H3,(H,20,21)(H,22,23). The average Bonchev–Trinajstić information content (AvgIpc) is 2.60. The highest BCUT2D eigenvalue weighted by Gasteiger charge is 2.13. The smallest absolute Gasteiger partial charge is 0.274 e. The molecule has 0 bridgehead atoms. The summed E-state index contributed by atoms with van der Waals surface area (Å²) in [6.07, 6.45) is 4.47. The van der Waals surface area contributed by atoms with Crippen LogP contribution in [0.2, 0.25) is 0 Å². The molecular formula is C19H25N3O. The normalized spacial score (nSPS) is 10.4. The summed E-state index contributed by atoms with van der Waals surface area (Å²) in [6, 6.07) is 9.83. The van der Waals surface area contributed by atoms with Crippen molar-refractivity contribution in [3.8, 4) is 0 Å². The van der Waals surface area contributed by atoms with Crippen LogP contribution in [-0.2, 0) is 12.8 Å². The number of para-hydroxylation sites is 1. The van der Waals surface area contributed by atoms with Gasteiger partial charge in [0, 0.05) is 24.1 Å². The summed E-state index contributed by atoms with van der Waals surface area (Å²) in [6.45, 7) is 7.18. The van der Waals surface area contributed by atoms with Crippen LogP contribution < -0.4 is 10.6 Å². The fraction of sp³-hybridized carbons (Fsp3) is 0.368. The van der Waals surface area contributed by atoms with E-state index >= 15 is 0 Å². The molecule has 0 aliphatic carbocycles. The fourth-order valence-electron chi connectivity index (χ4n) is 2.51. The summed E-state index contributed by atoms with van der Waals surface area (Å²) in [4.78, 5) is 16.8. The number of pyridine rings is 1. The van der Waals surface area contributed by atoms with E-state index in [0.29, 0.717) is 5.69 Å². The molecule has 2 rings (SSSR count). The number of carbonyl (C=O) groups excluding carboxylic acids is 1. The molecule has 1 amide bonds. The van der Waals surface area contributed by atoms with Gasteiger partial charge < -0.3 is 10.6 Å². The van der Waals surface area contributed by atoms with Crippen molar-refractivity contribution in [1.82, 2.24) is 4.98 Å². The van der Waals surface area contributed by atoms with E-state index in [-0.39, 0.29) is 5.91 Å². The molecule has 0 atom stereocenters. The highest BCUT2D eigenvalue weighted by atomic mass is 16.1. The molecule has 4 nitrogen and oxygen atoms in total. The average molecular weight is 311 g/mol. The largest absolute Gasteiger partial charge is 0.385 e. The summed E-state index contributed by atoms with van der Waals surface area (Å²) in [5.41, 5.74) is 4.58. The minimum atomic E-state index is -0.166. The Balaban J connectivity index is 2.22. The van der Waals surface area contributed by atoms with E-state index in [2.05, 4.69) is 48.5 Å². The van der Waals surface area contributed by atoms with Crippen LogP contribution in [0.1, 0.15) is 48.8 Å². The topological polar surface area (TPSA) is 54.0 Å². The van der Waals surface area contributed by atoms with Crippen molar-refractivity contribution in [1.29, 1.82) is 0 Å². The van der Waals surface area contributed by atoms with Gasteiger partial charge in [0.15, 0.2) is 0 Å². The molecule has 0 saturated heterocycles. The van der Waals surface area contributed by atoms with Gasteiger partial charge in [-0.25, -0.2) is 0 Å². The van der Waals surface area contributed by atoms with Gasteiger partial charge in [-0.05, 0) is 42.5 Å². The van der Waals surface area contributed by atoms with Crippen LogP contribution in [0, 0.1) is 0 Å². The first kappa shape index (κ1) is 17.0. The second-order valence-corrected chi connectivity index (χ2v) is 5.47. The molecule has 0 aliphatic rings. The Labute approximate surface area is 138 Å². The number of nitrogens with one attached hydrogen (secondary N) is 2. The Hall–Kier alpha value is -2.36. The number of aryl methyl sites for hydroxylation is 2. The van der Waals surface area contributed by atoms with Crippen molar-refractivity contribution < 1.29 is 4.79 Å². The zero-order chi connectivity index (χ0) is 16.7. The maximum absolute atomic E-state index is 12.6. The molecule has 0 spiro atoms. The second kappa shape index (κ2) is 8.32. The third-order valence-corrected chi connectivity index (χ3v) is 3.81. The molecule has 2 aromatic rings. The van der Waals surface area contributed by atoms with Crippen molar-refractivity contribution in [2.45, 2.75) is 40.0 Å². The zero-order valence-corrected chi connectivity index (χ0v) is 14.1. The van der Waals surface area contributed by atoms with Gasteiger partial charge in [0.25, 0.3) is 5.91 Å². The lowest BCUT2D eigenvalue weighted by Gasteiger charge is -2.14. The highest BCUT2D eigenvalue weighted by Crippen LogP contribution is 2.23. The van der Waals surface area contributed by atoms with Crippen LogP contribution in [0.25, 0.3) is 0 Å². The molecule has 0 aliphatic heterocycles. The van der Waals surface area contributed by atoms with Crippen molar-refractivity contribution in [2.75, 3.05) is 17.2 Å². The molecule has 1 heterocycles. The Morgan fingerprint density at radius 1 is 1.09 bits per heavy atom. The van der Waals surface area contributed by atoms with Crippen LogP contribution in [0.4, 0.5) is 11.4 Å². The second-order valence-electron chi connectivity index (χ2n) is 5.47. The number of hydrogen-bond acceptors (Lipinski definition) is 3. The van der Waals surface area contributed by atoms with Crippen molar-refractivity contribution >= 4 is 17.3 Å². The molecule has 1 aromatic heterocycles. The van der Waals surface area contributed by atoms with E-state index in [1.807, 2.05) is 12.1 Å². The molecule has 122 valence electrons. The number of anilines is 2. The molecule has 23 heavy (non-hydrogen) atoms. The van der Waals surface area contributed by atoms with E-state index in [4.69, 9.17) is 0 Å². The van der Waals surface area contributed by atoms with Crippen molar-refractivity contribution in [3.05, 3.63) is 53.3 Å². The van der Waals surface area contributed by atoms with Gasteiger partial charge in [-0.3, -0.25) is 9.78 Å². The predicted molar refractivity (Wildman–Crippen MR) is 96.2 cm³/mol. The third kappa shape index (κ3) is 4.31. The van der Waals surface area contributed by atoms with Crippen LogP contribution in [-0.4, -0.2) is 17.4 Å². The van der Waals surface area contributed by atoms with Crippen molar-refractivity contribution in [2.24, 2.45) is 0 Å². The Kier molecular flexibility index (Phi) is 6.15. The van der Waals surface area contributed by atoms with Gasteiger partial charge in [0.1, 0.15) is 5.69 Å². The molecule has 1 aromatic carbocycles. The first-order valence-corrected chi connectivity index (χ1v) is 8.31. The third-order valence-electron chi connectivity index (χ3n) is 3.81. The molecule has 0 radical (unpaired) electrons. The molecule has 4 heteroatoms. The summed E-state index contributed by atoms with van der Waals surface area (Å²) in [5.74, 6) is -0.166. The number of rotatable bonds is 7. The van der Waals surface area contributed by atoms with E-state index in [1.165, 1.54) is 0 Å². The SMILES string of the molecule is CCCNc1ccnc(C(=O)Nc2c(CC)cccc2CC)c1. The lowest BCUT2D eigenvalue weighted by atomic mass is 10.0. The minimum Gasteiger partial charge on any atom is -0.385 e. The van der Waals surface area contributed by atoms with Crippen LogP contribution >= 0.6 is 0 Å². The Bertz CT molecular complexity index is 645. The minimum absolute atomic E-state index is 0.166. The Morgan fingerprint density at radius 2 is 1.78 bits per heavy atom. The van der Waals surface area contributed by atoms with Crippen molar-refractivity contribution in [3.63, 3.8) is 0 Å². The molecule has 0 saturated carbocycles. The number of aromatic nitrogens is 1. The molecular weight excluding hydrogens is 286 g/mol. The molecule has 2 N–H and O–H groups in total. The van der Waals surface area contributed by atoms with E-state index in [0.717, 1.165) is 48.3 Å². The monoisotopic (exact) mass is 311 g/mol. The van der Waals surface area contributed by atoms with E-state index in [9.17, 15) is 4.79 Å².